The Kier molecular flexibility index (Phi) is 3.64. The summed E-state index contributed by atoms with van der Waals surface area (Å²) in [5, 5.41) is 0.837. The van der Waals surface area contributed by atoms with Crippen LogP contribution < -0.4 is 10.4 Å². The number of amides is 1. The number of rotatable bonds is 3. The van der Waals surface area contributed by atoms with E-state index in [1.807, 2.05) is 19.1 Å². The highest BCUT2D eigenvalue weighted by molar-refractivity contribution is 5.89. The van der Waals surface area contributed by atoms with Crippen molar-refractivity contribution in [2.75, 3.05) is 20.7 Å². The lowest BCUT2D eigenvalue weighted by molar-refractivity contribution is -0.130. The van der Waals surface area contributed by atoms with E-state index >= 15 is 0 Å². The number of fused-ring (bicyclic) bond motifs is 3. The van der Waals surface area contributed by atoms with Crippen molar-refractivity contribution >= 4 is 16.9 Å². The molecule has 2 aromatic rings. The molecule has 0 fully saturated rings. The Bertz CT molecular complexity index is 804. The standard InChI is InChI=1S/C17H19NO4/c1-10-7-13(21-9-15(19)18(2)3)16-11-5-4-6-12(11)17(20)22-14(16)8-10/h7-8H,4-6,9H2,1-3H3. The van der Waals surface area contributed by atoms with Crippen LogP contribution >= 0.6 is 0 Å². The van der Waals surface area contributed by atoms with Crippen molar-refractivity contribution in [1.29, 1.82) is 0 Å². The van der Waals surface area contributed by atoms with Gasteiger partial charge in [-0.3, -0.25) is 4.79 Å². The molecule has 1 heterocycles. The van der Waals surface area contributed by atoms with E-state index in [1.54, 1.807) is 14.1 Å². The van der Waals surface area contributed by atoms with Gasteiger partial charge in [-0.05, 0) is 49.4 Å². The monoisotopic (exact) mass is 301 g/mol. The van der Waals surface area contributed by atoms with Gasteiger partial charge in [-0.15, -0.1) is 0 Å². The zero-order valence-corrected chi connectivity index (χ0v) is 13.1. The van der Waals surface area contributed by atoms with E-state index in [9.17, 15) is 9.59 Å². The SMILES string of the molecule is Cc1cc(OCC(=O)N(C)C)c2c3c(c(=O)oc2c1)CCC3. The maximum Gasteiger partial charge on any atom is 0.339 e. The predicted molar refractivity (Wildman–Crippen MR) is 83.4 cm³/mol. The second kappa shape index (κ2) is 5.48. The minimum Gasteiger partial charge on any atom is -0.483 e. The van der Waals surface area contributed by atoms with Crippen molar-refractivity contribution in [2.45, 2.75) is 26.2 Å². The average Bonchev–Trinajstić information content (AvgIpc) is 2.93. The molecule has 0 atom stereocenters. The zero-order chi connectivity index (χ0) is 15.9. The summed E-state index contributed by atoms with van der Waals surface area (Å²) in [6.07, 6.45) is 2.54. The van der Waals surface area contributed by atoms with Gasteiger partial charge >= 0.3 is 5.63 Å². The first kappa shape index (κ1) is 14.6. The quantitative estimate of drug-likeness (QED) is 0.814. The minimum atomic E-state index is -0.249. The van der Waals surface area contributed by atoms with E-state index in [0.29, 0.717) is 11.3 Å². The van der Waals surface area contributed by atoms with Crippen LogP contribution in [0.4, 0.5) is 0 Å². The Morgan fingerprint density at radius 3 is 2.73 bits per heavy atom. The van der Waals surface area contributed by atoms with Gasteiger partial charge in [0.05, 0.1) is 5.39 Å². The van der Waals surface area contributed by atoms with Crippen LogP contribution in [0.25, 0.3) is 11.0 Å². The summed E-state index contributed by atoms with van der Waals surface area (Å²) >= 11 is 0. The third kappa shape index (κ3) is 2.47. The summed E-state index contributed by atoms with van der Waals surface area (Å²) in [4.78, 5) is 25.3. The summed E-state index contributed by atoms with van der Waals surface area (Å²) in [6, 6.07) is 3.74. The Hall–Kier alpha value is -2.30. The van der Waals surface area contributed by atoms with Crippen molar-refractivity contribution in [3.05, 3.63) is 39.2 Å². The Morgan fingerprint density at radius 1 is 1.27 bits per heavy atom. The van der Waals surface area contributed by atoms with Crippen LogP contribution in [-0.2, 0) is 17.6 Å². The number of carbonyl (C=O) groups excluding carboxylic acids is 1. The molecule has 1 aromatic heterocycles. The van der Waals surface area contributed by atoms with Crippen LogP contribution in [0.3, 0.4) is 0 Å². The first-order valence-corrected chi connectivity index (χ1v) is 7.39. The lowest BCUT2D eigenvalue weighted by atomic mass is 10.0. The maximum atomic E-state index is 12.0. The van der Waals surface area contributed by atoms with Crippen LogP contribution in [0.5, 0.6) is 5.75 Å². The predicted octanol–water partition coefficient (Wildman–Crippen LogP) is 2.06. The van der Waals surface area contributed by atoms with Gasteiger partial charge in [0.2, 0.25) is 0 Å². The highest BCUT2D eigenvalue weighted by Crippen LogP contribution is 2.35. The maximum absolute atomic E-state index is 12.0. The molecule has 0 unspecified atom stereocenters. The normalized spacial score (nSPS) is 13.2. The van der Waals surface area contributed by atoms with Crippen LogP contribution in [0.15, 0.2) is 21.3 Å². The molecule has 0 aliphatic heterocycles. The van der Waals surface area contributed by atoms with Crippen LogP contribution in [0.2, 0.25) is 0 Å². The van der Waals surface area contributed by atoms with E-state index in [0.717, 1.165) is 41.3 Å². The van der Waals surface area contributed by atoms with Gasteiger partial charge in [-0.1, -0.05) is 0 Å². The fourth-order valence-electron chi connectivity index (χ4n) is 2.89. The Balaban J connectivity index is 2.11. The second-order valence-corrected chi connectivity index (χ2v) is 5.91. The Morgan fingerprint density at radius 2 is 2.00 bits per heavy atom. The molecule has 22 heavy (non-hydrogen) atoms. The number of aryl methyl sites for hydroxylation is 2. The van der Waals surface area contributed by atoms with Gasteiger partial charge < -0.3 is 14.1 Å². The van der Waals surface area contributed by atoms with Crippen LogP contribution in [0.1, 0.15) is 23.1 Å². The summed E-state index contributed by atoms with van der Waals surface area (Å²) < 4.78 is 11.2. The summed E-state index contributed by atoms with van der Waals surface area (Å²) in [5.41, 5.74) is 2.98. The topological polar surface area (TPSA) is 59.8 Å². The molecular formula is C17H19NO4. The smallest absolute Gasteiger partial charge is 0.339 e. The van der Waals surface area contributed by atoms with Gasteiger partial charge in [0, 0.05) is 19.7 Å². The summed E-state index contributed by atoms with van der Waals surface area (Å²) in [5.74, 6) is 0.510. The van der Waals surface area contributed by atoms with Crippen molar-refractivity contribution in [2.24, 2.45) is 0 Å². The highest BCUT2D eigenvalue weighted by Gasteiger charge is 2.22. The molecule has 116 valence electrons. The van der Waals surface area contributed by atoms with E-state index in [4.69, 9.17) is 9.15 Å². The van der Waals surface area contributed by atoms with Crippen molar-refractivity contribution in [3.63, 3.8) is 0 Å². The third-order valence-corrected chi connectivity index (χ3v) is 4.03. The molecule has 1 aromatic carbocycles. The molecule has 5 heteroatoms. The molecule has 1 aliphatic rings. The number of hydrogen-bond acceptors (Lipinski definition) is 4. The first-order valence-electron chi connectivity index (χ1n) is 7.39. The molecule has 1 aliphatic carbocycles. The van der Waals surface area contributed by atoms with Crippen LogP contribution in [-0.4, -0.2) is 31.5 Å². The second-order valence-electron chi connectivity index (χ2n) is 5.91. The van der Waals surface area contributed by atoms with E-state index in [2.05, 4.69) is 0 Å². The molecule has 0 saturated heterocycles. The van der Waals surface area contributed by atoms with E-state index in [1.165, 1.54) is 4.90 Å². The third-order valence-electron chi connectivity index (χ3n) is 4.03. The fraction of sp³-hybridized carbons (Fsp3) is 0.412. The molecule has 0 spiro atoms. The number of hydrogen-bond donors (Lipinski definition) is 0. The fourth-order valence-corrected chi connectivity index (χ4v) is 2.89. The molecule has 0 radical (unpaired) electrons. The highest BCUT2D eigenvalue weighted by atomic mass is 16.5. The summed E-state index contributed by atoms with van der Waals surface area (Å²) in [6.45, 7) is 1.88. The lowest BCUT2D eigenvalue weighted by Gasteiger charge is -2.14. The lowest BCUT2D eigenvalue weighted by Crippen LogP contribution is -2.27. The van der Waals surface area contributed by atoms with Gasteiger partial charge in [0.25, 0.3) is 5.91 Å². The number of benzene rings is 1. The minimum absolute atomic E-state index is 0.0283. The van der Waals surface area contributed by atoms with Crippen molar-refractivity contribution in [1.82, 2.24) is 4.90 Å². The van der Waals surface area contributed by atoms with Crippen LogP contribution in [0, 0.1) is 6.92 Å². The number of nitrogens with zero attached hydrogens (tertiary/aromatic N) is 1. The number of ether oxygens (including phenoxy) is 1. The zero-order valence-electron chi connectivity index (χ0n) is 13.1. The molecule has 0 N–H and O–H groups in total. The average molecular weight is 301 g/mol. The van der Waals surface area contributed by atoms with Gasteiger partial charge in [-0.25, -0.2) is 4.79 Å². The summed E-state index contributed by atoms with van der Waals surface area (Å²) in [7, 11) is 3.38. The number of carbonyl (C=O) groups is 1. The van der Waals surface area contributed by atoms with Gasteiger partial charge in [0.1, 0.15) is 11.3 Å². The van der Waals surface area contributed by atoms with E-state index < -0.39 is 0 Å². The van der Waals surface area contributed by atoms with Gasteiger partial charge in [-0.2, -0.15) is 0 Å². The largest absolute Gasteiger partial charge is 0.483 e. The molecule has 0 bridgehead atoms. The molecule has 5 nitrogen and oxygen atoms in total. The molecule has 1 amide bonds. The molecular weight excluding hydrogens is 282 g/mol. The van der Waals surface area contributed by atoms with Crippen molar-refractivity contribution < 1.29 is 13.9 Å². The Labute approximate surface area is 128 Å². The first-order chi connectivity index (χ1) is 10.5. The van der Waals surface area contributed by atoms with Crippen molar-refractivity contribution in [3.8, 4) is 5.75 Å². The van der Waals surface area contributed by atoms with Gasteiger partial charge in [0.15, 0.2) is 6.61 Å². The number of likely N-dealkylation sites (N-methyl/N-ethyl adjacent to an activating group) is 1. The van der Waals surface area contributed by atoms with E-state index in [-0.39, 0.29) is 18.1 Å². The molecule has 3 rings (SSSR count). The molecule has 0 saturated carbocycles.